The molecule has 0 fully saturated rings. The van der Waals surface area contributed by atoms with Crippen LogP contribution in [0.5, 0.6) is 17.2 Å². The van der Waals surface area contributed by atoms with Crippen LogP contribution >= 0.6 is 0 Å². The van der Waals surface area contributed by atoms with Crippen molar-refractivity contribution in [1.29, 1.82) is 5.26 Å². The second-order valence-corrected chi connectivity index (χ2v) is 13.1. The van der Waals surface area contributed by atoms with Crippen LogP contribution in [0.3, 0.4) is 0 Å². The molecule has 4 N–H and O–H groups in total. The molecule has 250 valence electrons. The van der Waals surface area contributed by atoms with Crippen molar-refractivity contribution in [2.24, 2.45) is 5.84 Å². The predicted molar refractivity (Wildman–Crippen MR) is 189 cm³/mol. The Hall–Kier alpha value is -5.90. The highest BCUT2D eigenvalue weighted by Gasteiger charge is 2.16. The van der Waals surface area contributed by atoms with Crippen molar-refractivity contribution in [1.82, 2.24) is 10.4 Å². The van der Waals surface area contributed by atoms with Crippen LogP contribution in [0.25, 0.3) is 0 Å². The summed E-state index contributed by atoms with van der Waals surface area (Å²) in [5.41, 5.74) is 8.12. The van der Waals surface area contributed by atoms with Crippen LogP contribution < -0.4 is 30.4 Å². The Kier molecular flexibility index (Phi) is 11.1. The lowest BCUT2D eigenvalue weighted by molar-refractivity contribution is 0.0952. The number of sulfonamides is 1. The van der Waals surface area contributed by atoms with Crippen molar-refractivity contribution in [3.63, 3.8) is 0 Å². The zero-order chi connectivity index (χ0) is 34.8. The van der Waals surface area contributed by atoms with Crippen LogP contribution in [-0.2, 0) is 29.5 Å². The standard InChI is InChI=1S/C37H36N6O5S/c1-26-35(42-49(2,45)46)6-3-7-36(26)43(24-29-10-8-27(22-38)9-11-29)25-30-12-14-32(15-13-30)48-34-20-31(37(44)41-39)19-33(21-34)47-18-16-28-5-4-17-40-23-28/h3-15,17,19-21,23,42H,16,18,24-25,39H2,1-2H3,(H,41,44). The van der Waals surface area contributed by atoms with E-state index >= 15 is 0 Å². The van der Waals surface area contributed by atoms with Crippen LogP contribution in [-0.4, -0.2) is 32.2 Å². The molecule has 1 aromatic heterocycles. The van der Waals surface area contributed by atoms with Crippen molar-refractivity contribution in [2.45, 2.75) is 26.4 Å². The van der Waals surface area contributed by atoms with Gasteiger partial charge in [-0.05, 0) is 83.8 Å². The van der Waals surface area contributed by atoms with Gasteiger partial charge in [0.2, 0.25) is 10.0 Å². The van der Waals surface area contributed by atoms with Crippen LogP contribution in [0.1, 0.15) is 38.2 Å². The topological polar surface area (TPSA) is 160 Å². The lowest BCUT2D eigenvalue weighted by Gasteiger charge is -2.28. The number of carbonyl (C=O) groups is 1. The molecule has 0 atom stereocenters. The maximum Gasteiger partial charge on any atom is 0.265 e. The molecule has 5 rings (SSSR count). The van der Waals surface area contributed by atoms with Gasteiger partial charge in [0.05, 0.1) is 30.2 Å². The second-order valence-electron chi connectivity index (χ2n) is 11.4. The van der Waals surface area contributed by atoms with Gasteiger partial charge in [0.25, 0.3) is 5.91 Å². The van der Waals surface area contributed by atoms with E-state index in [9.17, 15) is 18.5 Å². The fraction of sp³-hybridized carbons (Fsp3) is 0.162. The van der Waals surface area contributed by atoms with Crippen molar-refractivity contribution >= 4 is 27.3 Å². The van der Waals surface area contributed by atoms with Crippen LogP contribution in [0, 0.1) is 18.3 Å². The number of nitrogens with zero attached hydrogens (tertiary/aromatic N) is 3. The molecule has 0 aliphatic carbocycles. The van der Waals surface area contributed by atoms with Crippen LogP contribution in [0.4, 0.5) is 11.4 Å². The average Bonchev–Trinajstić information content (AvgIpc) is 3.09. The SMILES string of the molecule is Cc1c(NS(C)(=O)=O)cccc1N(Cc1ccc(C#N)cc1)Cc1ccc(Oc2cc(OCCc3cccnc3)cc(C(=O)NN)c2)cc1. The Morgan fingerprint density at radius 2 is 1.59 bits per heavy atom. The van der Waals surface area contributed by atoms with Crippen molar-refractivity contribution in [3.8, 4) is 23.3 Å². The molecule has 49 heavy (non-hydrogen) atoms. The molecule has 0 spiro atoms. The van der Waals surface area contributed by atoms with Gasteiger partial charge in [-0.15, -0.1) is 0 Å². The van der Waals surface area contributed by atoms with E-state index in [4.69, 9.17) is 15.3 Å². The van der Waals surface area contributed by atoms with E-state index in [1.807, 2.05) is 67.6 Å². The summed E-state index contributed by atoms with van der Waals surface area (Å²) < 4.78 is 38.8. The molecule has 11 nitrogen and oxygen atoms in total. The molecule has 0 bridgehead atoms. The molecule has 0 aliphatic heterocycles. The molecule has 5 aromatic rings. The van der Waals surface area contributed by atoms with Gasteiger partial charge in [-0.25, -0.2) is 14.3 Å². The third kappa shape index (κ3) is 9.80. The number of benzene rings is 4. The molecule has 0 unspecified atom stereocenters. The number of anilines is 2. The Bertz CT molecular complexity index is 2050. The van der Waals surface area contributed by atoms with Gasteiger partial charge < -0.3 is 14.4 Å². The van der Waals surface area contributed by atoms with Gasteiger partial charge in [-0.2, -0.15) is 5.26 Å². The molecule has 0 saturated heterocycles. The smallest absolute Gasteiger partial charge is 0.265 e. The van der Waals surface area contributed by atoms with Gasteiger partial charge in [-0.3, -0.25) is 19.9 Å². The maximum absolute atomic E-state index is 12.4. The number of nitrogen functional groups attached to an aromatic ring is 1. The van der Waals surface area contributed by atoms with Crippen molar-refractivity contribution in [2.75, 3.05) is 22.5 Å². The van der Waals surface area contributed by atoms with E-state index in [0.717, 1.165) is 34.2 Å². The first-order valence-corrected chi connectivity index (χ1v) is 17.3. The van der Waals surface area contributed by atoms with E-state index in [1.165, 1.54) is 0 Å². The summed E-state index contributed by atoms with van der Waals surface area (Å²) in [5, 5.41) is 9.24. The zero-order valence-corrected chi connectivity index (χ0v) is 27.9. The van der Waals surface area contributed by atoms with E-state index in [0.29, 0.717) is 54.6 Å². The zero-order valence-electron chi connectivity index (χ0n) is 27.1. The van der Waals surface area contributed by atoms with Crippen LogP contribution in [0.2, 0.25) is 0 Å². The number of aromatic nitrogens is 1. The number of nitrogens with one attached hydrogen (secondary N) is 2. The van der Waals surface area contributed by atoms with Gasteiger partial charge in [0.1, 0.15) is 17.2 Å². The Morgan fingerprint density at radius 1 is 0.898 bits per heavy atom. The van der Waals surface area contributed by atoms with E-state index in [-0.39, 0.29) is 5.56 Å². The fourth-order valence-electron chi connectivity index (χ4n) is 5.19. The second kappa shape index (κ2) is 15.8. The minimum absolute atomic E-state index is 0.286. The number of ether oxygens (including phenoxy) is 2. The van der Waals surface area contributed by atoms with Crippen molar-refractivity contribution in [3.05, 3.63) is 143 Å². The number of rotatable bonds is 14. The summed E-state index contributed by atoms with van der Waals surface area (Å²) >= 11 is 0. The summed E-state index contributed by atoms with van der Waals surface area (Å²) in [7, 11) is -3.48. The highest BCUT2D eigenvalue weighted by molar-refractivity contribution is 7.92. The molecular formula is C37H36N6O5S. The molecule has 0 aliphatic rings. The van der Waals surface area contributed by atoms with Crippen LogP contribution in [0.15, 0.2) is 109 Å². The number of amides is 1. The highest BCUT2D eigenvalue weighted by atomic mass is 32.2. The molecule has 12 heteroatoms. The van der Waals surface area contributed by atoms with Gasteiger partial charge in [0.15, 0.2) is 0 Å². The summed E-state index contributed by atoms with van der Waals surface area (Å²) in [6.45, 7) is 3.25. The molecule has 1 amide bonds. The Labute approximate surface area is 286 Å². The summed E-state index contributed by atoms with van der Waals surface area (Å²) in [4.78, 5) is 18.7. The molecule has 4 aromatic carbocycles. The Balaban J connectivity index is 1.35. The summed E-state index contributed by atoms with van der Waals surface area (Å²) in [6.07, 6.45) is 5.25. The number of nitriles is 1. The quantitative estimate of drug-likeness (QED) is 0.0744. The van der Waals surface area contributed by atoms with Gasteiger partial charge >= 0.3 is 0 Å². The average molecular weight is 677 g/mol. The maximum atomic E-state index is 12.4. The first kappa shape index (κ1) is 34.4. The number of hydrogen-bond acceptors (Lipinski definition) is 9. The minimum atomic E-state index is -3.48. The monoisotopic (exact) mass is 676 g/mol. The summed E-state index contributed by atoms with van der Waals surface area (Å²) in [5.74, 6) is 6.33. The fourth-order valence-corrected chi connectivity index (χ4v) is 5.81. The number of hydrogen-bond donors (Lipinski definition) is 3. The number of hydrazine groups is 1. The van der Waals surface area contributed by atoms with Crippen molar-refractivity contribution < 1.29 is 22.7 Å². The molecule has 0 radical (unpaired) electrons. The first-order valence-electron chi connectivity index (χ1n) is 15.4. The van der Waals surface area contributed by atoms with Gasteiger partial charge in [0, 0.05) is 49.2 Å². The van der Waals surface area contributed by atoms with Gasteiger partial charge in [-0.1, -0.05) is 36.4 Å². The number of nitrogens with two attached hydrogens (primary N) is 1. The minimum Gasteiger partial charge on any atom is -0.493 e. The first-order chi connectivity index (χ1) is 23.6. The van der Waals surface area contributed by atoms with E-state index in [1.54, 1.807) is 48.8 Å². The number of carbonyl (C=O) groups excluding carboxylic acids is 1. The lowest BCUT2D eigenvalue weighted by Crippen LogP contribution is -2.29. The Morgan fingerprint density at radius 3 is 2.22 bits per heavy atom. The summed E-state index contributed by atoms with van der Waals surface area (Å²) in [6, 6.07) is 31.3. The third-order valence-electron chi connectivity index (χ3n) is 7.59. The highest BCUT2D eigenvalue weighted by Crippen LogP contribution is 2.32. The normalized spacial score (nSPS) is 10.9. The molecular weight excluding hydrogens is 641 g/mol. The largest absolute Gasteiger partial charge is 0.493 e. The predicted octanol–water partition coefficient (Wildman–Crippen LogP) is 5.86. The van der Waals surface area contributed by atoms with E-state index < -0.39 is 15.9 Å². The third-order valence-corrected chi connectivity index (χ3v) is 8.18. The lowest BCUT2D eigenvalue weighted by atomic mass is 10.1. The van der Waals surface area contributed by atoms with E-state index in [2.05, 4.69) is 26.1 Å². The molecule has 0 saturated carbocycles. The number of pyridine rings is 1. The molecule has 1 heterocycles.